The van der Waals surface area contributed by atoms with E-state index in [1.54, 1.807) is 36.4 Å². The van der Waals surface area contributed by atoms with Crippen LogP contribution in [0.2, 0.25) is 0 Å². The normalized spacial score (nSPS) is 11.5. The van der Waals surface area contributed by atoms with Crippen molar-refractivity contribution >= 4 is 22.1 Å². The largest absolute Gasteiger partial charge is 0.493 e. The van der Waals surface area contributed by atoms with Crippen molar-refractivity contribution in [3.05, 3.63) is 89.7 Å². The first-order valence-corrected chi connectivity index (χ1v) is 11.6. The highest BCUT2D eigenvalue weighted by Crippen LogP contribution is 2.31. The second kappa shape index (κ2) is 11.4. The molecule has 0 saturated carbocycles. The third-order valence-electron chi connectivity index (χ3n) is 4.81. The molecule has 0 bridgehead atoms. The minimum atomic E-state index is -4.11. The molecule has 0 radical (unpaired) electrons. The Kier molecular flexibility index (Phi) is 8.34. The second-order valence-electron chi connectivity index (χ2n) is 7.09. The second-order valence-corrected chi connectivity index (χ2v) is 9.03. The molecule has 0 aliphatic heterocycles. The van der Waals surface area contributed by atoms with E-state index in [0.29, 0.717) is 11.3 Å². The Morgan fingerprint density at radius 3 is 2.35 bits per heavy atom. The molecule has 0 aliphatic rings. The number of methoxy groups -OCH3 is 2. The Morgan fingerprint density at radius 1 is 1.00 bits per heavy atom. The van der Waals surface area contributed by atoms with Crippen molar-refractivity contribution in [1.29, 1.82) is 0 Å². The topological polar surface area (TPSA) is 97.3 Å². The van der Waals surface area contributed by atoms with Crippen LogP contribution in [0.1, 0.15) is 11.1 Å². The van der Waals surface area contributed by atoms with Gasteiger partial charge in [-0.05, 0) is 23.8 Å². The molecule has 34 heavy (non-hydrogen) atoms. The van der Waals surface area contributed by atoms with Gasteiger partial charge in [0, 0.05) is 18.2 Å². The van der Waals surface area contributed by atoms with E-state index in [9.17, 15) is 17.6 Å². The van der Waals surface area contributed by atoms with Gasteiger partial charge in [0.05, 0.1) is 31.9 Å². The number of carbonyl (C=O) groups excluding carboxylic acids is 1. The molecule has 0 aromatic heterocycles. The van der Waals surface area contributed by atoms with Crippen molar-refractivity contribution in [2.45, 2.75) is 11.4 Å². The first-order valence-electron chi connectivity index (χ1n) is 10.2. The predicted octanol–water partition coefficient (Wildman–Crippen LogP) is 3.18. The highest BCUT2D eigenvalue weighted by Gasteiger charge is 2.28. The van der Waals surface area contributed by atoms with Crippen LogP contribution >= 0.6 is 0 Å². The maximum atomic E-state index is 13.7. The Balaban J connectivity index is 1.84. The summed E-state index contributed by atoms with van der Waals surface area (Å²) in [5.41, 5.74) is 3.12. The van der Waals surface area contributed by atoms with Gasteiger partial charge in [-0.15, -0.1) is 0 Å². The molecule has 8 nitrogen and oxygen atoms in total. The zero-order valence-electron chi connectivity index (χ0n) is 18.6. The van der Waals surface area contributed by atoms with E-state index in [0.717, 1.165) is 10.5 Å². The van der Waals surface area contributed by atoms with Crippen molar-refractivity contribution in [1.82, 2.24) is 9.73 Å². The Hall–Kier alpha value is -3.76. The lowest BCUT2D eigenvalue weighted by atomic mass is 10.2. The molecule has 0 fully saturated rings. The summed E-state index contributed by atoms with van der Waals surface area (Å²) in [6, 6.07) is 19.0. The number of rotatable bonds is 10. The van der Waals surface area contributed by atoms with Gasteiger partial charge in [0.25, 0.3) is 5.91 Å². The van der Waals surface area contributed by atoms with Crippen molar-refractivity contribution in [3.63, 3.8) is 0 Å². The molecule has 10 heteroatoms. The molecule has 0 unspecified atom stereocenters. The molecule has 3 rings (SSSR count). The number of sulfonamides is 1. The molecular formula is C24H24FN3O5S. The fourth-order valence-corrected chi connectivity index (χ4v) is 4.49. The van der Waals surface area contributed by atoms with Crippen molar-refractivity contribution in [2.75, 3.05) is 20.8 Å². The van der Waals surface area contributed by atoms with Gasteiger partial charge in [-0.3, -0.25) is 4.79 Å². The van der Waals surface area contributed by atoms with Crippen LogP contribution in [0.5, 0.6) is 11.5 Å². The number of hydrazone groups is 1. The molecule has 1 N–H and O–H groups in total. The lowest BCUT2D eigenvalue weighted by molar-refractivity contribution is -0.121. The quantitative estimate of drug-likeness (QED) is 0.351. The summed E-state index contributed by atoms with van der Waals surface area (Å²) in [6.07, 6.45) is 1.15. The molecule has 178 valence electrons. The lowest BCUT2D eigenvalue weighted by Gasteiger charge is -2.22. The van der Waals surface area contributed by atoms with Gasteiger partial charge in [-0.25, -0.2) is 18.2 Å². The minimum Gasteiger partial charge on any atom is -0.493 e. The van der Waals surface area contributed by atoms with Crippen LogP contribution in [-0.4, -0.2) is 45.6 Å². The van der Waals surface area contributed by atoms with E-state index in [-0.39, 0.29) is 22.8 Å². The summed E-state index contributed by atoms with van der Waals surface area (Å²) < 4.78 is 52.0. The number of nitrogens with one attached hydrogen (secondary N) is 1. The van der Waals surface area contributed by atoms with Gasteiger partial charge in [-0.1, -0.05) is 48.5 Å². The van der Waals surface area contributed by atoms with Crippen LogP contribution in [0.15, 0.2) is 82.8 Å². The molecular weight excluding hydrogens is 461 g/mol. The van der Waals surface area contributed by atoms with Crippen LogP contribution in [0, 0.1) is 5.82 Å². The summed E-state index contributed by atoms with van der Waals surface area (Å²) in [5.74, 6) is -0.576. The predicted molar refractivity (Wildman–Crippen MR) is 126 cm³/mol. The first-order chi connectivity index (χ1) is 16.3. The number of ether oxygens (including phenoxy) is 2. The number of benzene rings is 3. The number of carbonyl (C=O) groups is 1. The average molecular weight is 486 g/mol. The van der Waals surface area contributed by atoms with Gasteiger partial charge in [0.15, 0.2) is 11.5 Å². The number of hydrogen-bond acceptors (Lipinski definition) is 6. The maximum absolute atomic E-state index is 13.7. The highest BCUT2D eigenvalue weighted by atomic mass is 32.2. The monoisotopic (exact) mass is 485 g/mol. The Morgan fingerprint density at radius 2 is 1.68 bits per heavy atom. The number of nitrogens with zero attached hydrogens (tertiary/aromatic N) is 2. The third-order valence-corrected chi connectivity index (χ3v) is 6.60. The summed E-state index contributed by atoms with van der Waals surface area (Å²) in [4.78, 5) is 12.5. The number of amides is 1. The summed E-state index contributed by atoms with van der Waals surface area (Å²) in [6.45, 7) is -0.567. The van der Waals surface area contributed by atoms with E-state index in [1.807, 2.05) is 0 Å². The van der Waals surface area contributed by atoms with Gasteiger partial charge in [0.1, 0.15) is 5.82 Å². The standard InChI is InChI=1S/C24H24FN3O5S/c1-32-22-13-12-20(14-23(22)33-2)34(30,31)28(16-18-8-4-3-5-9-18)17-24(29)27-26-15-19-10-6-7-11-21(19)25/h3-15H,16-17H2,1-2H3,(H,27,29). The fourth-order valence-electron chi connectivity index (χ4n) is 3.09. The fraction of sp³-hybridized carbons (Fsp3) is 0.167. The summed E-state index contributed by atoms with van der Waals surface area (Å²) in [7, 11) is -1.27. The lowest BCUT2D eigenvalue weighted by Crippen LogP contribution is -2.39. The van der Waals surface area contributed by atoms with E-state index >= 15 is 0 Å². The van der Waals surface area contributed by atoms with Gasteiger partial charge < -0.3 is 9.47 Å². The van der Waals surface area contributed by atoms with Crippen molar-refractivity contribution in [2.24, 2.45) is 5.10 Å². The molecule has 0 saturated heterocycles. The van der Waals surface area contributed by atoms with Crippen LogP contribution in [-0.2, 0) is 21.4 Å². The van der Waals surface area contributed by atoms with E-state index in [1.165, 1.54) is 50.6 Å². The molecule has 0 aliphatic carbocycles. The number of halogens is 1. The molecule has 0 atom stereocenters. The van der Waals surface area contributed by atoms with Gasteiger partial charge in [0.2, 0.25) is 10.0 Å². The Bertz CT molecular complexity index is 1270. The molecule has 3 aromatic carbocycles. The zero-order valence-corrected chi connectivity index (χ0v) is 19.5. The van der Waals surface area contributed by atoms with Crippen molar-refractivity contribution < 1.29 is 27.1 Å². The highest BCUT2D eigenvalue weighted by molar-refractivity contribution is 7.89. The smallest absolute Gasteiger partial charge is 0.255 e. The van der Waals surface area contributed by atoms with E-state index < -0.39 is 28.3 Å². The van der Waals surface area contributed by atoms with Crippen LogP contribution in [0.3, 0.4) is 0 Å². The Labute approximate surface area is 197 Å². The molecule has 3 aromatic rings. The third kappa shape index (κ3) is 6.18. The summed E-state index contributed by atoms with van der Waals surface area (Å²) in [5, 5.41) is 3.74. The van der Waals surface area contributed by atoms with E-state index in [2.05, 4.69) is 10.5 Å². The molecule has 0 spiro atoms. The van der Waals surface area contributed by atoms with Gasteiger partial charge >= 0.3 is 0 Å². The number of hydrogen-bond donors (Lipinski definition) is 1. The SMILES string of the molecule is COc1ccc(S(=O)(=O)N(CC(=O)NN=Cc2ccccc2F)Cc2ccccc2)cc1OC. The maximum Gasteiger partial charge on any atom is 0.255 e. The van der Waals surface area contributed by atoms with Gasteiger partial charge in [-0.2, -0.15) is 9.41 Å². The van der Waals surface area contributed by atoms with Crippen LogP contribution < -0.4 is 14.9 Å². The van der Waals surface area contributed by atoms with E-state index in [4.69, 9.17) is 9.47 Å². The minimum absolute atomic E-state index is 0.0536. The molecule has 0 heterocycles. The van der Waals surface area contributed by atoms with Crippen molar-refractivity contribution in [3.8, 4) is 11.5 Å². The summed E-state index contributed by atoms with van der Waals surface area (Å²) >= 11 is 0. The first kappa shape index (κ1) is 24.9. The zero-order chi connectivity index (χ0) is 24.6. The average Bonchev–Trinajstić information content (AvgIpc) is 2.85. The van der Waals surface area contributed by atoms with Crippen LogP contribution in [0.25, 0.3) is 0 Å². The van der Waals surface area contributed by atoms with Crippen LogP contribution in [0.4, 0.5) is 4.39 Å². The molecule has 1 amide bonds.